The summed E-state index contributed by atoms with van der Waals surface area (Å²) in [6.45, 7) is -2.16. The van der Waals surface area contributed by atoms with Gasteiger partial charge in [-0.2, -0.15) is 0 Å². The average Bonchev–Trinajstić information content (AvgIpc) is 3.12. The Morgan fingerprint density at radius 3 is 3.04 bits per heavy atom. The van der Waals surface area contributed by atoms with E-state index in [1.54, 1.807) is 18.2 Å². The zero-order valence-corrected chi connectivity index (χ0v) is 14.5. The lowest BCUT2D eigenvalue weighted by Crippen LogP contribution is -2.06. The first kappa shape index (κ1) is 12.2. The van der Waals surface area contributed by atoms with Crippen LogP contribution < -0.4 is 4.74 Å². The molecule has 0 aliphatic heterocycles. The van der Waals surface area contributed by atoms with Gasteiger partial charge in [0.05, 0.1) is 42.6 Å². The van der Waals surface area contributed by atoms with E-state index in [2.05, 4.69) is 15.0 Å². The standard InChI is InChI=1S/C18H21N3O3S/c1-13-16(19-9-8-17(13)24-11-5-10-23-2)12-25(22)18-20-14-6-3-4-7-15(14)21-18/h3-4,6-9H,5,10-12H2,1-2H3,(H,20,21)/i1D3,8D,9D. The van der Waals surface area contributed by atoms with Crippen LogP contribution in [0.3, 0.4) is 0 Å². The lowest BCUT2D eigenvalue weighted by atomic mass is 10.2. The number of para-hydroxylation sites is 2. The zero-order chi connectivity index (χ0) is 21.9. The van der Waals surface area contributed by atoms with Crippen LogP contribution in [0.4, 0.5) is 0 Å². The van der Waals surface area contributed by atoms with E-state index in [4.69, 9.17) is 16.3 Å². The van der Waals surface area contributed by atoms with Gasteiger partial charge >= 0.3 is 0 Å². The third kappa shape index (κ3) is 4.24. The van der Waals surface area contributed by atoms with Gasteiger partial charge in [-0.3, -0.25) is 9.19 Å². The van der Waals surface area contributed by atoms with Crippen molar-refractivity contribution in [3.05, 3.63) is 47.7 Å². The van der Waals surface area contributed by atoms with E-state index >= 15 is 0 Å². The maximum Gasteiger partial charge on any atom is 0.197 e. The first-order valence-corrected chi connectivity index (χ1v) is 8.99. The molecule has 0 saturated heterocycles. The summed E-state index contributed by atoms with van der Waals surface area (Å²) in [4.78, 5) is 11.2. The van der Waals surface area contributed by atoms with Crippen molar-refractivity contribution in [2.75, 3.05) is 20.3 Å². The first-order valence-electron chi connectivity index (χ1n) is 10.2. The van der Waals surface area contributed by atoms with Crippen molar-refractivity contribution in [2.24, 2.45) is 0 Å². The molecule has 2 heterocycles. The number of nitrogens with one attached hydrogen (secondary N) is 1. The molecule has 3 aromatic rings. The Hall–Kier alpha value is -2.25. The minimum Gasteiger partial charge on any atom is -0.493 e. The van der Waals surface area contributed by atoms with E-state index in [9.17, 15) is 4.21 Å². The lowest BCUT2D eigenvalue weighted by molar-refractivity contribution is 0.172. The normalized spacial score (nSPS) is 15.8. The van der Waals surface area contributed by atoms with Crippen molar-refractivity contribution in [3.8, 4) is 5.75 Å². The van der Waals surface area contributed by atoms with Gasteiger partial charge in [-0.1, -0.05) is 12.1 Å². The minimum absolute atomic E-state index is 0.0727. The number of aromatic nitrogens is 3. The van der Waals surface area contributed by atoms with Crippen LogP contribution in [-0.4, -0.2) is 39.5 Å². The molecule has 7 heteroatoms. The molecule has 2 aromatic heterocycles. The number of imidazole rings is 1. The van der Waals surface area contributed by atoms with Crippen molar-refractivity contribution in [1.29, 1.82) is 0 Å². The van der Waals surface area contributed by atoms with Crippen molar-refractivity contribution in [3.63, 3.8) is 0 Å². The van der Waals surface area contributed by atoms with E-state index in [1.807, 2.05) is 6.07 Å². The number of hydrogen-bond donors (Lipinski definition) is 1. The zero-order valence-electron chi connectivity index (χ0n) is 18.7. The van der Waals surface area contributed by atoms with Crippen molar-refractivity contribution in [2.45, 2.75) is 24.2 Å². The molecular formula is C18H21N3O3S. The summed E-state index contributed by atoms with van der Waals surface area (Å²) in [7, 11) is -0.212. The van der Waals surface area contributed by atoms with E-state index in [1.165, 1.54) is 7.11 Å². The molecule has 6 nitrogen and oxygen atoms in total. The number of hydrogen-bond acceptors (Lipinski definition) is 5. The van der Waals surface area contributed by atoms with Crippen LogP contribution in [0.15, 0.2) is 41.6 Å². The number of benzene rings is 1. The highest BCUT2D eigenvalue weighted by Crippen LogP contribution is 2.22. The molecule has 1 unspecified atom stereocenters. The van der Waals surface area contributed by atoms with E-state index < -0.39 is 29.9 Å². The summed E-state index contributed by atoms with van der Waals surface area (Å²) in [5.74, 6) is -0.517. The van der Waals surface area contributed by atoms with Gasteiger partial charge in [-0.05, 0) is 25.0 Å². The fourth-order valence-electron chi connectivity index (χ4n) is 2.22. The number of fused-ring (bicyclic) bond motifs is 1. The number of aromatic amines is 1. The largest absolute Gasteiger partial charge is 0.493 e. The number of rotatable bonds is 8. The topological polar surface area (TPSA) is 77.1 Å². The molecule has 0 amide bonds. The molecule has 0 fully saturated rings. The lowest BCUT2D eigenvalue weighted by Gasteiger charge is -2.11. The Morgan fingerprint density at radius 1 is 1.36 bits per heavy atom. The first-order chi connectivity index (χ1) is 14.2. The van der Waals surface area contributed by atoms with Gasteiger partial charge in [0, 0.05) is 36.0 Å². The Labute approximate surface area is 156 Å². The molecule has 0 bridgehead atoms. The number of pyridine rings is 1. The molecule has 1 N–H and O–H groups in total. The number of methoxy groups -OCH3 is 1. The predicted molar refractivity (Wildman–Crippen MR) is 97.2 cm³/mol. The number of ether oxygens (including phenoxy) is 2. The van der Waals surface area contributed by atoms with Crippen LogP contribution >= 0.6 is 0 Å². The second-order valence-corrected chi connectivity index (χ2v) is 6.61. The van der Waals surface area contributed by atoms with Crippen LogP contribution in [0.1, 0.15) is 24.5 Å². The molecule has 132 valence electrons. The fourth-order valence-corrected chi connectivity index (χ4v) is 3.23. The molecule has 0 spiro atoms. The third-order valence-corrected chi connectivity index (χ3v) is 4.63. The fraction of sp³-hybridized carbons (Fsp3) is 0.333. The van der Waals surface area contributed by atoms with Gasteiger partial charge in [0.1, 0.15) is 5.75 Å². The molecule has 25 heavy (non-hydrogen) atoms. The monoisotopic (exact) mass is 364 g/mol. The summed E-state index contributed by atoms with van der Waals surface area (Å²) >= 11 is 0. The molecule has 0 aliphatic carbocycles. The molecule has 1 atom stereocenters. The predicted octanol–water partition coefficient (Wildman–Crippen LogP) is 2.99. The van der Waals surface area contributed by atoms with Gasteiger partial charge in [0.25, 0.3) is 0 Å². The molecule has 0 radical (unpaired) electrons. The quantitative estimate of drug-likeness (QED) is 0.622. The summed E-state index contributed by atoms with van der Waals surface area (Å²) in [5.41, 5.74) is 0.964. The second-order valence-electron chi connectivity index (χ2n) is 5.24. The number of H-pyrrole nitrogens is 1. The SMILES string of the molecule is [2H]c1nc(CS(=O)c2nc3ccccc3[nH]2)c(C([2H])([2H])[2H])c(OCCCOC)c1[2H]. The maximum absolute atomic E-state index is 12.9. The number of nitrogens with zero attached hydrogens (tertiary/aromatic N) is 2. The Morgan fingerprint density at radius 2 is 2.24 bits per heavy atom. The van der Waals surface area contributed by atoms with E-state index in [0.717, 1.165) is 0 Å². The summed E-state index contributed by atoms with van der Waals surface area (Å²) in [6, 6.07) is 6.75. The van der Waals surface area contributed by atoms with Crippen molar-refractivity contribution < 1.29 is 20.5 Å². The van der Waals surface area contributed by atoms with Crippen LogP contribution in [0, 0.1) is 6.85 Å². The van der Waals surface area contributed by atoms with E-state index in [-0.39, 0.29) is 34.5 Å². The molecule has 1 aromatic carbocycles. The minimum atomic E-state index is -2.67. The Bertz CT molecular complexity index is 1040. The molecular weight excluding hydrogens is 338 g/mol. The average molecular weight is 364 g/mol. The summed E-state index contributed by atoms with van der Waals surface area (Å²) in [5, 5.41) is 0.179. The van der Waals surface area contributed by atoms with Gasteiger partial charge in [-0.15, -0.1) is 0 Å². The van der Waals surface area contributed by atoms with Crippen LogP contribution in [0.25, 0.3) is 11.0 Å². The van der Waals surface area contributed by atoms with Crippen molar-refractivity contribution >= 4 is 21.8 Å². The molecule has 0 aliphatic rings. The van der Waals surface area contributed by atoms with Gasteiger partial charge < -0.3 is 14.5 Å². The van der Waals surface area contributed by atoms with Crippen LogP contribution in [0.5, 0.6) is 5.75 Å². The highest BCUT2D eigenvalue weighted by Gasteiger charge is 2.14. The second kappa shape index (κ2) is 8.22. The van der Waals surface area contributed by atoms with Crippen LogP contribution in [0.2, 0.25) is 0 Å². The van der Waals surface area contributed by atoms with Crippen LogP contribution in [-0.2, 0) is 21.3 Å². The highest BCUT2D eigenvalue weighted by molar-refractivity contribution is 7.84. The van der Waals surface area contributed by atoms with Gasteiger partial charge in [-0.25, -0.2) is 4.98 Å². The van der Waals surface area contributed by atoms with Gasteiger partial charge in [0.15, 0.2) is 5.16 Å². The Kier molecular flexibility index (Phi) is 4.00. The van der Waals surface area contributed by atoms with Gasteiger partial charge in [0.2, 0.25) is 0 Å². The highest BCUT2D eigenvalue weighted by atomic mass is 32.2. The van der Waals surface area contributed by atoms with Crippen molar-refractivity contribution in [1.82, 2.24) is 15.0 Å². The summed E-state index contributed by atoms with van der Waals surface area (Å²) in [6.07, 6.45) is 0.0353. The third-order valence-electron chi connectivity index (χ3n) is 3.47. The Balaban J connectivity index is 1.98. The van der Waals surface area contributed by atoms with E-state index in [0.29, 0.717) is 24.1 Å². The molecule has 3 rings (SSSR count). The molecule has 0 saturated carbocycles. The summed E-state index contributed by atoms with van der Waals surface area (Å²) < 4.78 is 63.1. The smallest absolute Gasteiger partial charge is 0.197 e. The maximum atomic E-state index is 12.9.